The Bertz CT molecular complexity index is 805. The number of guanidine groups is 1. The Labute approximate surface area is 134 Å². The Kier molecular flexibility index (Phi) is 4.27. The fourth-order valence-corrected chi connectivity index (χ4v) is 2.41. The smallest absolute Gasteiger partial charge is 0.194 e. The van der Waals surface area contributed by atoms with E-state index in [0.717, 1.165) is 23.0 Å². The number of hydrogen-bond donors (Lipinski definition) is 1. The molecular weight excluding hydrogens is 292 g/mol. The Balaban J connectivity index is 1.64. The SMILES string of the molecule is CN=C(NCc1cn2ccc(C)cc2n1)N(C)Cc1ccon1. The number of rotatable bonds is 4. The van der Waals surface area contributed by atoms with E-state index in [0.29, 0.717) is 13.1 Å². The van der Waals surface area contributed by atoms with E-state index >= 15 is 0 Å². The van der Waals surface area contributed by atoms with Gasteiger partial charge < -0.3 is 19.1 Å². The summed E-state index contributed by atoms with van der Waals surface area (Å²) >= 11 is 0. The zero-order valence-electron chi connectivity index (χ0n) is 13.5. The van der Waals surface area contributed by atoms with Crippen molar-refractivity contribution in [2.24, 2.45) is 4.99 Å². The van der Waals surface area contributed by atoms with E-state index in [4.69, 9.17) is 4.52 Å². The average Bonchev–Trinajstić information content (AvgIpc) is 3.16. The normalized spacial score (nSPS) is 11.9. The van der Waals surface area contributed by atoms with Gasteiger partial charge >= 0.3 is 0 Å². The lowest BCUT2D eigenvalue weighted by Gasteiger charge is -2.20. The molecule has 23 heavy (non-hydrogen) atoms. The molecule has 3 rings (SSSR count). The fourth-order valence-electron chi connectivity index (χ4n) is 2.41. The molecular formula is C16H20N6O. The van der Waals surface area contributed by atoms with Crippen molar-refractivity contribution in [2.75, 3.05) is 14.1 Å². The zero-order valence-corrected chi connectivity index (χ0v) is 13.5. The quantitative estimate of drug-likeness (QED) is 0.588. The predicted octanol–water partition coefficient (Wildman–Crippen LogP) is 1.84. The molecule has 0 saturated heterocycles. The van der Waals surface area contributed by atoms with E-state index in [1.807, 2.05) is 34.8 Å². The van der Waals surface area contributed by atoms with E-state index in [1.54, 1.807) is 13.3 Å². The largest absolute Gasteiger partial charge is 0.364 e. The van der Waals surface area contributed by atoms with Crippen LogP contribution in [0.25, 0.3) is 5.65 Å². The van der Waals surface area contributed by atoms with Crippen LogP contribution in [0.1, 0.15) is 17.0 Å². The van der Waals surface area contributed by atoms with E-state index in [2.05, 4.69) is 39.5 Å². The van der Waals surface area contributed by atoms with Gasteiger partial charge in [0.05, 0.1) is 18.8 Å². The molecule has 0 radical (unpaired) electrons. The lowest BCUT2D eigenvalue weighted by atomic mass is 10.3. The first-order chi connectivity index (χ1) is 11.2. The van der Waals surface area contributed by atoms with Crippen LogP contribution in [0, 0.1) is 6.92 Å². The van der Waals surface area contributed by atoms with Crippen LogP contribution < -0.4 is 5.32 Å². The van der Waals surface area contributed by atoms with Gasteiger partial charge in [0.15, 0.2) is 5.96 Å². The second-order valence-electron chi connectivity index (χ2n) is 5.45. The molecule has 0 aromatic carbocycles. The van der Waals surface area contributed by atoms with Crippen LogP contribution >= 0.6 is 0 Å². The van der Waals surface area contributed by atoms with Crippen molar-refractivity contribution in [3.8, 4) is 0 Å². The molecule has 0 aliphatic heterocycles. The number of pyridine rings is 1. The molecule has 0 atom stereocenters. The third-order valence-corrected chi connectivity index (χ3v) is 3.56. The third kappa shape index (κ3) is 3.50. The average molecular weight is 312 g/mol. The van der Waals surface area contributed by atoms with Crippen molar-refractivity contribution in [1.82, 2.24) is 24.8 Å². The number of aryl methyl sites for hydroxylation is 1. The van der Waals surface area contributed by atoms with Gasteiger partial charge in [-0.05, 0) is 24.6 Å². The maximum atomic E-state index is 4.85. The number of nitrogens with one attached hydrogen (secondary N) is 1. The first-order valence-electron chi connectivity index (χ1n) is 7.41. The van der Waals surface area contributed by atoms with Crippen LogP contribution in [0.5, 0.6) is 0 Å². The molecule has 0 bridgehead atoms. The highest BCUT2D eigenvalue weighted by Crippen LogP contribution is 2.08. The van der Waals surface area contributed by atoms with Crippen molar-refractivity contribution >= 4 is 11.6 Å². The summed E-state index contributed by atoms with van der Waals surface area (Å²) in [6.07, 6.45) is 5.61. The van der Waals surface area contributed by atoms with Crippen molar-refractivity contribution < 1.29 is 4.52 Å². The van der Waals surface area contributed by atoms with Gasteiger partial charge in [0.1, 0.15) is 17.6 Å². The molecule has 0 unspecified atom stereocenters. The van der Waals surface area contributed by atoms with Crippen LogP contribution in [0.15, 0.2) is 46.4 Å². The molecule has 7 heteroatoms. The first kappa shape index (κ1) is 15.1. The number of imidazole rings is 1. The molecule has 0 fully saturated rings. The lowest BCUT2D eigenvalue weighted by molar-refractivity contribution is 0.391. The highest BCUT2D eigenvalue weighted by molar-refractivity contribution is 5.79. The summed E-state index contributed by atoms with van der Waals surface area (Å²) in [5.74, 6) is 0.779. The maximum absolute atomic E-state index is 4.85. The summed E-state index contributed by atoms with van der Waals surface area (Å²) in [7, 11) is 3.71. The molecule has 1 N–H and O–H groups in total. The molecule has 0 aliphatic carbocycles. The summed E-state index contributed by atoms with van der Waals surface area (Å²) in [6, 6.07) is 5.97. The highest BCUT2D eigenvalue weighted by atomic mass is 16.5. The summed E-state index contributed by atoms with van der Waals surface area (Å²) in [6.45, 7) is 3.30. The minimum atomic E-state index is 0.608. The Morgan fingerprint density at radius 2 is 2.26 bits per heavy atom. The Hall–Kier alpha value is -2.83. The molecule has 3 heterocycles. The van der Waals surface area contributed by atoms with Gasteiger partial charge in [-0.1, -0.05) is 5.16 Å². The summed E-state index contributed by atoms with van der Waals surface area (Å²) < 4.78 is 6.87. The van der Waals surface area contributed by atoms with Gasteiger partial charge in [0, 0.05) is 32.6 Å². The number of hydrogen-bond acceptors (Lipinski definition) is 4. The molecule has 0 amide bonds. The summed E-state index contributed by atoms with van der Waals surface area (Å²) in [5, 5.41) is 7.23. The molecule has 3 aromatic heterocycles. The number of aliphatic imine (C=N–C) groups is 1. The third-order valence-electron chi connectivity index (χ3n) is 3.56. The molecule has 0 aliphatic rings. The van der Waals surface area contributed by atoms with Crippen molar-refractivity contribution in [1.29, 1.82) is 0 Å². The number of fused-ring (bicyclic) bond motifs is 1. The summed E-state index contributed by atoms with van der Waals surface area (Å²) in [5.41, 5.74) is 3.98. The van der Waals surface area contributed by atoms with Gasteiger partial charge in [-0.25, -0.2) is 4.98 Å². The van der Waals surface area contributed by atoms with Crippen LogP contribution in [-0.2, 0) is 13.1 Å². The van der Waals surface area contributed by atoms with Crippen molar-refractivity contribution in [3.05, 3.63) is 53.8 Å². The van der Waals surface area contributed by atoms with Crippen LogP contribution in [0.3, 0.4) is 0 Å². The first-order valence-corrected chi connectivity index (χ1v) is 7.41. The molecule has 0 spiro atoms. The fraction of sp³-hybridized carbons (Fsp3) is 0.312. The minimum absolute atomic E-state index is 0.608. The van der Waals surface area contributed by atoms with E-state index in [-0.39, 0.29) is 0 Å². The second-order valence-corrected chi connectivity index (χ2v) is 5.45. The van der Waals surface area contributed by atoms with Crippen molar-refractivity contribution in [3.63, 3.8) is 0 Å². The highest BCUT2D eigenvalue weighted by Gasteiger charge is 2.09. The maximum Gasteiger partial charge on any atom is 0.194 e. The summed E-state index contributed by atoms with van der Waals surface area (Å²) in [4.78, 5) is 10.9. The van der Waals surface area contributed by atoms with E-state index in [9.17, 15) is 0 Å². The molecule has 120 valence electrons. The zero-order chi connectivity index (χ0) is 16.2. The number of nitrogens with zero attached hydrogens (tertiary/aromatic N) is 5. The van der Waals surface area contributed by atoms with Gasteiger partial charge in [-0.2, -0.15) is 0 Å². The van der Waals surface area contributed by atoms with Gasteiger partial charge in [-0.15, -0.1) is 0 Å². The van der Waals surface area contributed by atoms with Gasteiger partial charge in [0.25, 0.3) is 0 Å². The van der Waals surface area contributed by atoms with Gasteiger partial charge in [-0.3, -0.25) is 4.99 Å². The molecule has 3 aromatic rings. The monoisotopic (exact) mass is 312 g/mol. The second kappa shape index (κ2) is 6.51. The minimum Gasteiger partial charge on any atom is -0.364 e. The van der Waals surface area contributed by atoms with Crippen LogP contribution in [0.4, 0.5) is 0 Å². The number of aromatic nitrogens is 3. The molecule has 7 nitrogen and oxygen atoms in total. The van der Waals surface area contributed by atoms with Gasteiger partial charge in [0.2, 0.25) is 0 Å². The standard InChI is InChI=1S/C16H20N6O/c1-12-4-6-22-11-14(19-15(22)8-12)9-18-16(17-2)21(3)10-13-5-7-23-20-13/h4-8,11H,9-10H2,1-3H3,(H,17,18). The Morgan fingerprint density at radius 3 is 3.00 bits per heavy atom. The van der Waals surface area contributed by atoms with Crippen LogP contribution in [-0.4, -0.2) is 39.5 Å². The topological polar surface area (TPSA) is 71.0 Å². The van der Waals surface area contributed by atoms with Crippen molar-refractivity contribution in [2.45, 2.75) is 20.0 Å². The van der Waals surface area contributed by atoms with E-state index in [1.165, 1.54) is 5.56 Å². The van der Waals surface area contributed by atoms with E-state index < -0.39 is 0 Å². The predicted molar refractivity (Wildman–Crippen MR) is 88.1 cm³/mol. The molecule has 0 saturated carbocycles. The lowest BCUT2D eigenvalue weighted by Crippen LogP contribution is -2.38. The van der Waals surface area contributed by atoms with Crippen LogP contribution in [0.2, 0.25) is 0 Å². The Morgan fingerprint density at radius 1 is 1.39 bits per heavy atom.